The van der Waals surface area contributed by atoms with Crippen LogP contribution in [0.1, 0.15) is 0 Å². The molecule has 0 aliphatic heterocycles. The summed E-state index contributed by atoms with van der Waals surface area (Å²) in [5, 5.41) is 8.18. The van der Waals surface area contributed by atoms with E-state index in [9.17, 15) is 0 Å². The normalized spacial score (nSPS) is 12.1. The molecule has 0 atom stereocenters. The SMILES string of the molecule is c1ccc(-c2nc(-n3c4ccc(-c5ccc6c(c5)c5c7ccccc7oc5n6-c5nc(-c6ccccc6)c6ccccc6n5)cc4c4c5ccccc5oc43)nc3ccccc23)cc1. The molecule has 0 fully saturated rings. The highest BCUT2D eigenvalue weighted by Crippen LogP contribution is 2.44. The lowest BCUT2D eigenvalue weighted by molar-refractivity contribution is 0.641. The van der Waals surface area contributed by atoms with Crippen LogP contribution in [0.2, 0.25) is 0 Å². The molecule has 0 aliphatic carbocycles. The summed E-state index contributed by atoms with van der Waals surface area (Å²) in [6.45, 7) is 0. The van der Waals surface area contributed by atoms with E-state index in [0.717, 1.165) is 110 Å². The van der Waals surface area contributed by atoms with Crippen LogP contribution in [0.5, 0.6) is 0 Å². The zero-order valence-corrected chi connectivity index (χ0v) is 34.0. The van der Waals surface area contributed by atoms with Crippen LogP contribution in [0.25, 0.3) is 133 Å². The Kier molecular flexibility index (Phi) is 7.23. The number of furan rings is 2. The molecule has 0 radical (unpaired) electrons. The van der Waals surface area contributed by atoms with E-state index in [-0.39, 0.29) is 0 Å². The maximum atomic E-state index is 6.73. The maximum absolute atomic E-state index is 6.73. The smallest absolute Gasteiger partial charge is 0.238 e. The van der Waals surface area contributed by atoms with E-state index in [1.165, 1.54) is 0 Å². The fourth-order valence-electron chi connectivity index (χ4n) is 9.70. The number of rotatable bonds is 5. The zero-order valence-electron chi connectivity index (χ0n) is 34.0. The van der Waals surface area contributed by atoms with Crippen molar-refractivity contribution in [1.29, 1.82) is 0 Å². The highest BCUT2D eigenvalue weighted by atomic mass is 16.3. The highest BCUT2D eigenvalue weighted by molar-refractivity contribution is 6.22. The van der Waals surface area contributed by atoms with Crippen molar-refractivity contribution >= 4 is 87.7 Å². The van der Waals surface area contributed by atoms with E-state index in [1.54, 1.807) is 0 Å². The molecule has 6 aromatic heterocycles. The van der Waals surface area contributed by atoms with E-state index in [1.807, 2.05) is 97.1 Å². The van der Waals surface area contributed by atoms with E-state index in [4.69, 9.17) is 28.8 Å². The predicted octanol–water partition coefficient (Wildman–Crippen LogP) is 14.3. The third kappa shape index (κ3) is 5.05. The van der Waals surface area contributed by atoms with Gasteiger partial charge in [-0.3, -0.25) is 0 Å². The van der Waals surface area contributed by atoms with E-state index in [0.29, 0.717) is 23.3 Å². The average molecular weight is 821 g/mol. The summed E-state index contributed by atoms with van der Waals surface area (Å²) in [4.78, 5) is 20.9. The minimum atomic E-state index is 0.549. The molecule has 0 amide bonds. The summed E-state index contributed by atoms with van der Waals surface area (Å²) in [5.74, 6) is 1.10. The molecule has 8 aromatic carbocycles. The monoisotopic (exact) mass is 820 g/mol. The molecule has 8 nitrogen and oxygen atoms in total. The van der Waals surface area contributed by atoms with Gasteiger partial charge in [0.05, 0.1) is 44.2 Å². The summed E-state index contributed by atoms with van der Waals surface area (Å²) in [6.07, 6.45) is 0. The molecule has 0 N–H and O–H groups in total. The second-order valence-corrected chi connectivity index (χ2v) is 16.2. The lowest BCUT2D eigenvalue weighted by Gasteiger charge is -2.11. The van der Waals surface area contributed by atoms with Gasteiger partial charge in [0.1, 0.15) is 11.2 Å². The number of fused-ring (bicyclic) bond motifs is 12. The van der Waals surface area contributed by atoms with Crippen molar-refractivity contribution in [2.45, 2.75) is 0 Å². The van der Waals surface area contributed by atoms with Gasteiger partial charge in [0, 0.05) is 43.4 Å². The number of aromatic nitrogens is 6. The van der Waals surface area contributed by atoms with Crippen LogP contribution >= 0.6 is 0 Å². The van der Waals surface area contributed by atoms with Crippen molar-refractivity contribution in [3.8, 4) is 45.5 Å². The Morgan fingerprint density at radius 3 is 1.16 bits per heavy atom. The van der Waals surface area contributed by atoms with E-state index >= 15 is 0 Å². The first-order chi connectivity index (χ1) is 31.7. The van der Waals surface area contributed by atoms with Gasteiger partial charge in [-0.1, -0.05) is 146 Å². The molecule has 8 heteroatoms. The van der Waals surface area contributed by atoms with Gasteiger partial charge in [0.2, 0.25) is 23.3 Å². The van der Waals surface area contributed by atoms with Crippen LogP contribution in [0.3, 0.4) is 0 Å². The van der Waals surface area contributed by atoms with Crippen molar-refractivity contribution in [2.24, 2.45) is 0 Å². The number of para-hydroxylation sites is 4. The molecule has 14 rings (SSSR count). The maximum Gasteiger partial charge on any atom is 0.238 e. The minimum Gasteiger partial charge on any atom is -0.439 e. The summed E-state index contributed by atoms with van der Waals surface area (Å²) >= 11 is 0. The van der Waals surface area contributed by atoms with Crippen LogP contribution in [0.15, 0.2) is 203 Å². The van der Waals surface area contributed by atoms with Crippen molar-refractivity contribution in [3.63, 3.8) is 0 Å². The van der Waals surface area contributed by atoms with Crippen molar-refractivity contribution in [3.05, 3.63) is 194 Å². The van der Waals surface area contributed by atoms with Crippen molar-refractivity contribution < 1.29 is 8.83 Å². The number of benzene rings is 8. The fraction of sp³-hybridized carbons (Fsp3) is 0. The average Bonchev–Trinajstić information content (AvgIpc) is 4.10. The lowest BCUT2D eigenvalue weighted by atomic mass is 10.00. The molecule has 0 unspecified atom stereocenters. The molecule has 298 valence electrons. The molecule has 0 spiro atoms. The molecule has 6 heterocycles. The fourth-order valence-corrected chi connectivity index (χ4v) is 9.70. The topological polar surface area (TPSA) is 87.7 Å². The molecule has 0 saturated carbocycles. The molecular formula is C56H32N6O2. The minimum absolute atomic E-state index is 0.549. The second-order valence-electron chi connectivity index (χ2n) is 16.2. The molecule has 0 saturated heterocycles. The second kappa shape index (κ2) is 13.3. The van der Waals surface area contributed by atoms with E-state index in [2.05, 4.69) is 106 Å². The van der Waals surface area contributed by atoms with Gasteiger partial charge in [0.15, 0.2) is 0 Å². The summed E-state index contributed by atoms with van der Waals surface area (Å²) in [5.41, 5.74) is 12.5. The van der Waals surface area contributed by atoms with Gasteiger partial charge in [0.25, 0.3) is 0 Å². The molecule has 0 bridgehead atoms. The zero-order chi connectivity index (χ0) is 41.9. The first-order valence-corrected chi connectivity index (χ1v) is 21.3. The van der Waals surface area contributed by atoms with Crippen molar-refractivity contribution in [2.75, 3.05) is 0 Å². The van der Waals surface area contributed by atoms with Crippen LogP contribution in [0.4, 0.5) is 0 Å². The van der Waals surface area contributed by atoms with Crippen LogP contribution < -0.4 is 0 Å². The standard InChI is InChI=1S/C56H32N6O2/c1-3-15-33(16-4-1)51-37-19-7-11-23-43(37)57-55(59-51)61-45-29-27-35(31-41(45)49-39-21-9-13-25-47(39)63-53(49)61)36-28-30-46-42(32-36)50-40-22-10-14-26-48(40)64-54(50)62(46)56-58-44-24-12-8-20-38(44)52(60-56)34-17-5-2-6-18-34/h1-32H. The Morgan fingerprint density at radius 2 is 0.703 bits per heavy atom. The Morgan fingerprint density at radius 1 is 0.312 bits per heavy atom. The third-order valence-corrected chi connectivity index (χ3v) is 12.6. The first kappa shape index (κ1) is 34.8. The van der Waals surface area contributed by atoms with Crippen LogP contribution in [0, 0.1) is 0 Å². The van der Waals surface area contributed by atoms with Gasteiger partial charge >= 0.3 is 0 Å². The molecular weight excluding hydrogens is 789 g/mol. The highest BCUT2D eigenvalue weighted by Gasteiger charge is 2.25. The van der Waals surface area contributed by atoms with Gasteiger partial charge in [-0.05, 0) is 59.7 Å². The summed E-state index contributed by atoms with van der Waals surface area (Å²) in [6, 6.07) is 66.7. The third-order valence-electron chi connectivity index (χ3n) is 12.6. The largest absolute Gasteiger partial charge is 0.439 e. The Bertz CT molecular complexity index is 3930. The quantitative estimate of drug-likeness (QED) is 0.172. The lowest BCUT2D eigenvalue weighted by Crippen LogP contribution is -2.03. The van der Waals surface area contributed by atoms with Gasteiger partial charge < -0.3 is 8.83 Å². The van der Waals surface area contributed by atoms with Crippen molar-refractivity contribution in [1.82, 2.24) is 29.1 Å². The van der Waals surface area contributed by atoms with Crippen LogP contribution in [-0.2, 0) is 0 Å². The summed E-state index contributed by atoms with van der Waals surface area (Å²) < 4.78 is 17.6. The summed E-state index contributed by atoms with van der Waals surface area (Å²) in [7, 11) is 0. The van der Waals surface area contributed by atoms with E-state index < -0.39 is 0 Å². The van der Waals surface area contributed by atoms with Gasteiger partial charge in [-0.15, -0.1) is 0 Å². The molecule has 0 aliphatic rings. The Labute approximate surface area is 363 Å². The van der Waals surface area contributed by atoms with Crippen LogP contribution in [-0.4, -0.2) is 29.1 Å². The number of hydrogen-bond acceptors (Lipinski definition) is 6. The Hall–Kier alpha value is -8.88. The molecule has 64 heavy (non-hydrogen) atoms. The van der Waals surface area contributed by atoms with Gasteiger partial charge in [-0.2, -0.15) is 0 Å². The predicted molar refractivity (Wildman–Crippen MR) is 257 cm³/mol. The first-order valence-electron chi connectivity index (χ1n) is 21.3. The number of nitrogens with zero attached hydrogens (tertiary/aromatic N) is 6. The van der Waals surface area contributed by atoms with Gasteiger partial charge in [-0.25, -0.2) is 29.1 Å². The Balaban J connectivity index is 1.00. The number of hydrogen-bond donors (Lipinski definition) is 0. The molecule has 14 aromatic rings.